The van der Waals surface area contributed by atoms with E-state index < -0.39 is 5.97 Å². The van der Waals surface area contributed by atoms with Crippen molar-refractivity contribution in [2.24, 2.45) is 40.4 Å². The lowest BCUT2D eigenvalue weighted by atomic mass is 9.46. The molecule has 0 saturated heterocycles. The molecule has 132 valence electrons. The van der Waals surface area contributed by atoms with Crippen molar-refractivity contribution in [2.45, 2.75) is 72.1 Å². The highest BCUT2D eigenvalue weighted by Crippen LogP contribution is 2.66. The number of hydrogen-bond donors (Lipinski definition) is 2. The van der Waals surface area contributed by atoms with Gasteiger partial charge < -0.3 is 10.2 Å². The lowest BCUT2D eigenvalue weighted by molar-refractivity contribution is -0.151. The summed E-state index contributed by atoms with van der Waals surface area (Å²) in [4.78, 5) is 11.7. The Morgan fingerprint density at radius 2 is 1.83 bits per heavy atom. The van der Waals surface area contributed by atoms with Gasteiger partial charge in [0, 0.05) is 6.61 Å². The molecule has 0 heterocycles. The van der Waals surface area contributed by atoms with E-state index in [2.05, 4.69) is 20.8 Å². The summed E-state index contributed by atoms with van der Waals surface area (Å²) in [5.74, 6) is 2.05. The van der Waals surface area contributed by atoms with Crippen LogP contribution in [0.5, 0.6) is 0 Å². The highest BCUT2D eigenvalue weighted by Gasteiger charge is 2.60. The molecule has 0 amide bonds. The maximum Gasteiger partial charge on any atom is 0.307 e. The molecule has 7 atom stereocenters. The molecule has 3 fully saturated rings. The van der Waals surface area contributed by atoms with Crippen molar-refractivity contribution in [1.82, 2.24) is 0 Å². The van der Waals surface area contributed by atoms with Crippen LogP contribution in [0.3, 0.4) is 0 Å². The van der Waals surface area contributed by atoms with E-state index in [-0.39, 0.29) is 11.3 Å². The van der Waals surface area contributed by atoms with Crippen molar-refractivity contribution in [3.05, 3.63) is 0 Å². The minimum Gasteiger partial charge on any atom is -0.481 e. The summed E-state index contributed by atoms with van der Waals surface area (Å²) in [5, 5.41) is 19.0. The minimum atomic E-state index is -0.569. The Labute approximate surface area is 140 Å². The van der Waals surface area contributed by atoms with E-state index in [0.29, 0.717) is 23.9 Å². The summed E-state index contributed by atoms with van der Waals surface area (Å²) in [7, 11) is 0. The molecular formula is C20H34O3. The first-order valence-electron chi connectivity index (χ1n) is 9.68. The first-order chi connectivity index (χ1) is 10.8. The van der Waals surface area contributed by atoms with Gasteiger partial charge in [-0.25, -0.2) is 0 Å². The van der Waals surface area contributed by atoms with Crippen LogP contribution in [-0.4, -0.2) is 22.8 Å². The Bertz CT molecular complexity index is 462. The van der Waals surface area contributed by atoms with Gasteiger partial charge in [-0.15, -0.1) is 0 Å². The zero-order valence-corrected chi connectivity index (χ0v) is 15.1. The van der Waals surface area contributed by atoms with E-state index in [1.54, 1.807) is 0 Å². The molecule has 0 spiro atoms. The normalized spacial score (nSPS) is 49.5. The van der Waals surface area contributed by atoms with E-state index >= 15 is 0 Å². The summed E-state index contributed by atoms with van der Waals surface area (Å²) in [5.41, 5.74) is 0.347. The highest BCUT2D eigenvalue weighted by molar-refractivity contribution is 5.71. The molecule has 0 aliphatic heterocycles. The third kappa shape index (κ3) is 2.54. The van der Waals surface area contributed by atoms with E-state index in [4.69, 9.17) is 0 Å². The number of rotatable bonds is 4. The molecule has 2 N–H and O–H groups in total. The van der Waals surface area contributed by atoms with Gasteiger partial charge in [-0.05, 0) is 85.9 Å². The molecule has 0 aromatic rings. The van der Waals surface area contributed by atoms with Gasteiger partial charge in [-0.2, -0.15) is 0 Å². The summed E-state index contributed by atoms with van der Waals surface area (Å²) < 4.78 is 0. The average Bonchev–Trinajstić information content (AvgIpc) is 2.86. The third-order valence-electron chi connectivity index (χ3n) is 8.51. The van der Waals surface area contributed by atoms with E-state index in [1.807, 2.05) is 0 Å². The molecule has 0 aromatic carbocycles. The Kier molecular flexibility index (Phi) is 4.54. The average molecular weight is 322 g/mol. The molecule has 0 aromatic heterocycles. The number of carbonyl (C=O) groups is 1. The maximum atomic E-state index is 11.7. The van der Waals surface area contributed by atoms with Gasteiger partial charge in [0.25, 0.3) is 0 Å². The number of carboxylic acids is 1. The number of aliphatic carboxylic acids is 1. The molecule has 0 radical (unpaired) electrons. The molecule has 23 heavy (non-hydrogen) atoms. The van der Waals surface area contributed by atoms with Crippen molar-refractivity contribution in [3.8, 4) is 0 Å². The lowest BCUT2D eigenvalue weighted by Crippen LogP contribution is -2.52. The van der Waals surface area contributed by atoms with E-state index in [0.717, 1.165) is 43.9 Å². The van der Waals surface area contributed by atoms with Crippen molar-refractivity contribution < 1.29 is 15.0 Å². The van der Waals surface area contributed by atoms with Gasteiger partial charge in [0.05, 0.1) is 5.92 Å². The second-order valence-electron chi connectivity index (χ2n) is 9.20. The van der Waals surface area contributed by atoms with Gasteiger partial charge >= 0.3 is 5.97 Å². The van der Waals surface area contributed by atoms with E-state index in [9.17, 15) is 15.0 Å². The third-order valence-corrected chi connectivity index (χ3v) is 8.51. The number of aliphatic hydroxyl groups is 1. The predicted octanol–water partition coefficient (Wildman–Crippen LogP) is 4.34. The number of fused-ring (bicyclic) bond motifs is 3. The summed E-state index contributed by atoms with van der Waals surface area (Å²) in [6.45, 7) is 7.41. The topological polar surface area (TPSA) is 57.5 Å². The van der Waals surface area contributed by atoms with Crippen LogP contribution in [0.1, 0.15) is 72.1 Å². The van der Waals surface area contributed by atoms with Crippen LogP contribution < -0.4 is 0 Å². The zero-order valence-electron chi connectivity index (χ0n) is 15.1. The SMILES string of the molecule is CC1CC[C@H]2[C@@H]3CC[C@H](C(=O)O)[C@@]3(C)CC[C@@H]2[C@@]1(C)CCCO. The molecule has 0 bridgehead atoms. The minimum absolute atomic E-state index is 0.0193. The Morgan fingerprint density at radius 1 is 1.09 bits per heavy atom. The fraction of sp³-hybridized carbons (Fsp3) is 0.950. The van der Waals surface area contributed by atoms with Crippen molar-refractivity contribution >= 4 is 5.97 Å². The molecule has 3 saturated carbocycles. The molecule has 3 nitrogen and oxygen atoms in total. The first-order valence-corrected chi connectivity index (χ1v) is 9.68. The van der Waals surface area contributed by atoms with Gasteiger partial charge in [0.15, 0.2) is 0 Å². The van der Waals surface area contributed by atoms with Crippen LogP contribution in [0.2, 0.25) is 0 Å². The Hall–Kier alpha value is -0.570. The summed E-state index contributed by atoms with van der Waals surface area (Å²) >= 11 is 0. The fourth-order valence-corrected chi connectivity index (χ4v) is 6.94. The van der Waals surface area contributed by atoms with Crippen molar-refractivity contribution in [3.63, 3.8) is 0 Å². The van der Waals surface area contributed by atoms with Crippen molar-refractivity contribution in [2.75, 3.05) is 6.61 Å². The quantitative estimate of drug-likeness (QED) is 0.809. The van der Waals surface area contributed by atoms with Crippen LogP contribution in [0, 0.1) is 40.4 Å². The standard InChI is InChI=1S/C20H34O3/c1-13-5-6-14-15-7-8-17(18(22)23)20(15,3)11-9-16(14)19(13,2)10-4-12-21/h13-17,21H,4-12H2,1-3H3,(H,22,23)/t13?,14-,15-,16-,17+,19-,20-/m0/s1. The predicted molar refractivity (Wildman–Crippen MR) is 91.0 cm³/mol. The molecule has 3 rings (SSSR count). The maximum absolute atomic E-state index is 11.7. The molecule has 1 unspecified atom stereocenters. The Morgan fingerprint density at radius 3 is 2.48 bits per heavy atom. The van der Waals surface area contributed by atoms with Gasteiger partial charge in [0.1, 0.15) is 0 Å². The lowest BCUT2D eigenvalue weighted by Gasteiger charge is -2.58. The van der Waals surface area contributed by atoms with Crippen LogP contribution in [0.15, 0.2) is 0 Å². The van der Waals surface area contributed by atoms with Crippen LogP contribution in [-0.2, 0) is 4.79 Å². The second-order valence-corrected chi connectivity index (χ2v) is 9.20. The summed E-state index contributed by atoms with van der Waals surface area (Å²) in [6, 6.07) is 0. The van der Waals surface area contributed by atoms with Crippen molar-refractivity contribution in [1.29, 1.82) is 0 Å². The molecular weight excluding hydrogens is 288 g/mol. The van der Waals surface area contributed by atoms with Crippen LogP contribution in [0.25, 0.3) is 0 Å². The number of hydrogen-bond acceptors (Lipinski definition) is 2. The van der Waals surface area contributed by atoms with Crippen LogP contribution >= 0.6 is 0 Å². The Balaban J connectivity index is 1.86. The molecule has 3 aliphatic rings. The van der Waals surface area contributed by atoms with Gasteiger partial charge in [-0.3, -0.25) is 4.79 Å². The fourth-order valence-electron chi connectivity index (χ4n) is 6.94. The largest absolute Gasteiger partial charge is 0.481 e. The number of aliphatic hydroxyl groups excluding tert-OH is 1. The first kappa shape index (κ1) is 17.3. The smallest absolute Gasteiger partial charge is 0.307 e. The van der Waals surface area contributed by atoms with Gasteiger partial charge in [0.2, 0.25) is 0 Å². The molecule has 3 heteroatoms. The summed E-state index contributed by atoms with van der Waals surface area (Å²) in [6.07, 6.45) is 8.84. The highest BCUT2D eigenvalue weighted by atomic mass is 16.4. The van der Waals surface area contributed by atoms with Gasteiger partial charge in [-0.1, -0.05) is 20.8 Å². The van der Waals surface area contributed by atoms with Crippen LogP contribution in [0.4, 0.5) is 0 Å². The zero-order chi connectivity index (χ0) is 16.8. The molecule has 3 aliphatic carbocycles. The number of carboxylic acid groups (broad SMARTS) is 1. The van der Waals surface area contributed by atoms with E-state index in [1.165, 1.54) is 19.3 Å². The second kappa shape index (κ2) is 6.06. The monoisotopic (exact) mass is 322 g/mol.